The Kier molecular flexibility index (Phi) is 5.99. The molecule has 0 unspecified atom stereocenters. The first-order chi connectivity index (χ1) is 10.1. The zero-order chi connectivity index (χ0) is 15.1. The van der Waals surface area contributed by atoms with E-state index in [9.17, 15) is 0 Å². The van der Waals surface area contributed by atoms with Gasteiger partial charge in [-0.1, -0.05) is 26.7 Å². The fourth-order valence-electron chi connectivity index (χ4n) is 2.67. The van der Waals surface area contributed by atoms with Crippen LogP contribution in [0.25, 0.3) is 0 Å². The van der Waals surface area contributed by atoms with Crippen molar-refractivity contribution >= 4 is 17.4 Å². The van der Waals surface area contributed by atoms with Gasteiger partial charge in [-0.2, -0.15) is 5.26 Å². The highest BCUT2D eigenvalue weighted by Crippen LogP contribution is 2.35. The van der Waals surface area contributed by atoms with Crippen LogP contribution in [0, 0.1) is 16.7 Å². The van der Waals surface area contributed by atoms with E-state index in [4.69, 9.17) is 5.26 Å². The second-order valence-corrected chi connectivity index (χ2v) is 8.10. The molecule has 2 nitrogen and oxygen atoms in total. The van der Waals surface area contributed by atoms with Crippen LogP contribution in [0.2, 0.25) is 0 Å². The standard InChI is InChI=1S/C18H26N2S/c1-18(2,12-5-13-19)14-20-15-8-10-17(11-9-15)21-16-6-3-4-7-16/h8-11,16,20H,3-7,12,14H2,1-2H3. The molecule has 0 aliphatic heterocycles. The molecule has 0 radical (unpaired) electrons. The van der Waals surface area contributed by atoms with Crippen LogP contribution in [0.1, 0.15) is 52.4 Å². The van der Waals surface area contributed by atoms with Crippen LogP contribution < -0.4 is 5.32 Å². The number of nitrogens with one attached hydrogen (secondary N) is 1. The van der Waals surface area contributed by atoms with Gasteiger partial charge in [0.15, 0.2) is 0 Å². The number of nitriles is 1. The number of rotatable bonds is 7. The Balaban J connectivity index is 1.80. The van der Waals surface area contributed by atoms with E-state index in [1.807, 2.05) is 11.8 Å². The molecule has 0 amide bonds. The summed E-state index contributed by atoms with van der Waals surface area (Å²) in [5.74, 6) is 0. The summed E-state index contributed by atoms with van der Waals surface area (Å²) in [7, 11) is 0. The highest BCUT2D eigenvalue weighted by atomic mass is 32.2. The van der Waals surface area contributed by atoms with E-state index < -0.39 is 0 Å². The summed E-state index contributed by atoms with van der Waals surface area (Å²) in [5, 5.41) is 13.0. The highest BCUT2D eigenvalue weighted by Gasteiger charge is 2.17. The van der Waals surface area contributed by atoms with Crippen LogP contribution in [-0.2, 0) is 0 Å². The minimum atomic E-state index is 0.160. The molecule has 0 aromatic heterocycles. The molecule has 0 spiro atoms. The first-order valence-corrected chi connectivity index (χ1v) is 8.85. The lowest BCUT2D eigenvalue weighted by Gasteiger charge is -2.24. The minimum absolute atomic E-state index is 0.160. The van der Waals surface area contributed by atoms with E-state index >= 15 is 0 Å². The van der Waals surface area contributed by atoms with Crippen LogP contribution >= 0.6 is 11.8 Å². The maximum atomic E-state index is 8.69. The second-order valence-electron chi connectivity index (χ2n) is 6.72. The van der Waals surface area contributed by atoms with Gasteiger partial charge in [-0.25, -0.2) is 0 Å². The number of nitrogens with zero attached hydrogens (tertiary/aromatic N) is 1. The molecule has 0 saturated heterocycles. The van der Waals surface area contributed by atoms with Gasteiger partial charge in [0.2, 0.25) is 0 Å². The molecule has 0 heterocycles. The van der Waals surface area contributed by atoms with Gasteiger partial charge >= 0.3 is 0 Å². The molecule has 0 atom stereocenters. The molecule has 1 aromatic rings. The van der Waals surface area contributed by atoms with Crippen molar-refractivity contribution in [1.82, 2.24) is 0 Å². The first kappa shape index (κ1) is 16.2. The van der Waals surface area contributed by atoms with Crippen molar-refractivity contribution in [2.45, 2.75) is 62.5 Å². The van der Waals surface area contributed by atoms with Gasteiger partial charge in [-0.3, -0.25) is 0 Å². The lowest BCUT2D eigenvalue weighted by molar-refractivity contribution is 0.364. The van der Waals surface area contributed by atoms with Crippen molar-refractivity contribution in [2.75, 3.05) is 11.9 Å². The van der Waals surface area contributed by atoms with Gasteiger partial charge in [-0.15, -0.1) is 11.8 Å². The van der Waals surface area contributed by atoms with Crippen molar-refractivity contribution < 1.29 is 0 Å². The largest absolute Gasteiger partial charge is 0.385 e. The third-order valence-corrected chi connectivity index (χ3v) is 5.49. The average molecular weight is 302 g/mol. The Bertz CT molecular complexity index is 467. The summed E-state index contributed by atoms with van der Waals surface area (Å²) in [6, 6.07) is 11.0. The van der Waals surface area contributed by atoms with Gasteiger partial charge < -0.3 is 5.32 Å². The van der Waals surface area contributed by atoms with Crippen LogP contribution in [0.4, 0.5) is 5.69 Å². The SMILES string of the molecule is CC(C)(CCC#N)CNc1ccc(SC2CCCC2)cc1. The molecular weight excluding hydrogens is 276 g/mol. The van der Waals surface area contributed by atoms with Crippen LogP contribution in [0.15, 0.2) is 29.2 Å². The normalized spacial score (nSPS) is 15.9. The van der Waals surface area contributed by atoms with Crippen LogP contribution in [0.3, 0.4) is 0 Å². The molecule has 3 heteroatoms. The third-order valence-electron chi connectivity index (χ3n) is 4.14. The Hall–Kier alpha value is -1.14. The molecule has 1 saturated carbocycles. The molecule has 1 aliphatic rings. The second kappa shape index (κ2) is 7.75. The molecule has 1 fully saturated rings. The summed E-state index contributed by atoms with van der Waals surface area (Å²) in [6.45, 7) is 5.33. The fraction of sp³-hybridized carbons (Fsp3) is 0.611. The van der Waals surface area contributed by atoms with Crippen LogP contribution in [-0.4, -0.2) is 11.8 Å². The predicted octanol–water partition coefficient (Wildman–Crippen LogP) is 5.46. The summed E-state index contributed by atoms with van der Waals surface area (Å²) >= 11 is 2.03. The number of anilines is 1. The van der Waals surface area contributed by atoms with E-state index in [0.29, 0.717) is 6.42 Å². The Morgan fingerprint density at radius 3 is 2.52 bits per heavy atom. The molecule has 114 valence electrons. The number of hydrogen-bond acceptors (Lipinski definition) is 3. The molecule has 1 aromatic carbocycles. The lowest BCUT2D eigenvalue weighted by Crippen LogP contribution is -2.22. The Labute approximate surface area is 133 Å². The molecule has 21 heavy (non-hydrogen) atoms. The van der Waals surface area contributed by atoms with Crippen molar-refractivity contribution in [3.8, 4) is 6.07 Å². The Morgan fingerprint density at radius 1 is 1.24 bits per heavy atom. The van der Waals surface area contributed by atoms with Gasteiger partial charge in [-0.05, 0) is 48.9 Å². The van der Waals surface area contributed by atoms with Gasteiger partial charge in [0, 0.05) is 28.8 Å². The van der Waals surface area contributed by atoms with Crippen molar-refractivity contribution in [2.24, 2.45) is 5.41 Å². The van der Waals surface area contributed by atoms with Crippen molar-refractivity contribution in [3.63, 3.8) is 0 Å². The third kappa shape index (κ3) is 5.63. The van der Waals surface area contributed by atoms with Gasteiger partial charge in [0.05, 0.1) is 6.07 Å². The molecule has 0 bridgehead atoms. The molecule has 2 rings (SSSR count). The summed E-state index contributed by atoms with van der Waals surface area (Å²) in [6.07, 6.45) is 7.11. The smallest absolute Gasteiger partial charge is 0.0621 e. The first-order valence-electron chi connectivity index (χ1n) is 7.97. The predicted molar refractivity (Wildman–Crippen MR) is 91.7 cm³/mol. The lowest BCUT2D eigenvalue weighted by atomic mass is 9.88. The van der Waals surface area contributed by atoms with E-state index in [1.54, 1.807) is 0 Å². The molecule has 1 N–H and O–H groups in total. The molecule has 1 aliphatic carbocycles. The average Bonchev–Trinajstić information content (AvgIpc) is 2.98. The van der Waals surface area contributed by atoms with E-state index in [0.717, 1.165) is 18.2 Å². The highest BCUT2D eigenvalue weighted by molar-refractivity contribution is 8.00. The van der Waals surface area contributed by atoms with Crippen molar-refractivity contribution in [1.29, 1.82) is 5.26 Å². The number of thioether (sulfide) groups is 1. The molecular formula is C18H26N2S. The summed E-state index contributed by atoms with van der Waals surface area (Å²) in [5.41, 5.74) is 1.34. The minimum Gasteiger partial charge on any atom is -0.385 e. The summed E-state index contributed by atoms with van der Waals surface area (Å²) < 4.78 is 0. The van der Waals surface area contributed by atoms with E-state index in [1.165, 1.54) is 36.3 Å². The van der Waals surface area contributed by atoms with E-state index in [-0.39, 0.29) is 5.41 Å². The topological polar surface area (TPSA) is 35.8 Å². The summed E-state index contributed by atoms with van der Waals surface area (Å²) in [4.78, 5) is 1.39. The maximum Gasteiger partial charge on any atom is 0.0621 e. The monoisotopic (exact) mass is 302 g/mol. The van der Waals surface area contributed by atoms with Gasteiger partial charge in [0.25, 0.3) is 0 Å². The van der Waals surface area contributed by atoms with Gasteiger partial charge in [0.1, 0.15) is 0 Å². The number of hydrogen-bond donors (Lipinski definition) is 1. The zero-order valence-corrected chi connectivity index (χ0v) is 14.0. The number of benzene rings is 1. The maximum absolute atomic E-state index is 8.69. The van der Waals surface area contributed by atoms with Crippen molar-refractivity contribution in [3.05, 3.63) is 24.3 Å². The fourth-order valence-corrected chi connectivity index (χ4v) is 3.92. The quantitative estimate of drug-likeness (QED) is 0.726. The van der Waals surface area contributed by atoms with Crippen LogP contribution in [0.5, 0.6) is 0 Å². The Morgan fingerprint density at radius 2 is 1.90 bits per heavy atom. The zero-order valence-electron chi connectivity index (χ0n) is 13.2. The van der Waals surface area contributed by atoms with E-state index in [2.05, 4.69) is 49.5 Å².